The number of ether oxygens (including phenoxy) is 2. The van der Waals surface area contributed by atoms with Gasteiger partial charge in [0.25, 0.3) is 0 Å². The topological polar surface area (TPSA) is 107 Å². The van der Waals surface area contributed by atoms with E-state index in [1.54, 1.807) is 41.5 Å². The summed E-state index contributed by atoms with van der Waals surface area (Å²) in [5, 5.41) is 0. The Hall–Kier alpha value is -1.87. The van der Waals surface area contributed by atoms with E-state index in [0.29, 0.717) is 0 Å². The van der Waals surface area contributed by atoms with Crippen molar-refractivity contribution in [1.82, 2.24) is 0 Å². The Bertz CT molecular complexity index is 353. The van der Waals surface area contributed by atoms with E-state index in [0.717, 1.165) is 0 Å². The lowest BCUT2D eigenvalue weighted by atomic mass is 9.98. The molecule has 0 rings (SSSR count). The van der Waals surface area contributed by atoms with Crippen LogP contribution in [0.5, 0.6) is 0 Å². The average molecular weight is 322 g/mol. The summed E-state index contributed by atoms with van der Waals surface area (Å²) in [6.07, 6.45) is -1.35. The van der Waals surface area contributed by atoms with Gasteiger partial charge in [0.15, 0.2) is 0 Å². The monoisotopic (exact) mass is 322 g/mol. The summed E-state index contributed by atoms with van der Waals surface area (Å²) < 4.78 is 9.29. The molecule has 0 bridgehead atoms. The molecule has 22 heavy (non-hydrogen) atoms. The van der Waals surface area contributed by atoms with Crippen LogP contribution in [0.25, 0.3) is 0 Å². The van der Waals surface area contributed by atoms with E-state index in [1.807, 2.05) is 0 Å². The highest BCUT2D eigenvalue weighted by Crippen LogP contribution is 2.15. The number of hydrogen-bond donors (Lipinski definition) is 0. The van der Waals surface area contributed by atoms with Crippen LogP contribution in [0.1, 0.15) is 41.5 Å². The van der Waals surface area contributed by atoms with Gasteiger partial charge < -0.3 is 9.47 Å². The maximum absolute atomic E-state index is 11.3. The third-order valence-corrected chi connectivity index (χ3v) is 1.95. The van der Waals surface area contributed by atoms with Crippen molar-refractivity contribution in [2.24, 2.45) is 10.8 Å². The minimum atomic E-state index is -1.35. The van der Waals surface area contributed by atoms with Gasteiger partial charge in [-0.1, -0.05) is 0 Å². The van der Waals surface area contributed by atoms with Gasteiger partial charge in [0, 0.05) is 0 Å². The van der Waals surface area contributed by atoms with Gasteiger partial charge in [0.05, 0.1) is 10.8 Å². The molecule has 0 aromatic carbocycles. The van der Waals surface area contributed by atoms with Crippen molar-refractivity contribution in [3.8, 4) is 0 Å². The lowest BCUT2D eigenvalue weighted by Gasteiger charge is -2.16. The molecule has 9 nitrogen and oxygen atoms in total. The largest absolute Gasteiger partial charge is 0.573 e. The molecule has 9 heteroatoms. The molecular formula is C13H22O9. The zero-order valence-electron chi connectivity index (χ0n) is 13.6. The Morgan fingerprint density at radius 1 is 0.682 bits per heavy atom. The van der Waals surface area contributed by atoms with Gasteiger partial charge in [-0.2, -0.15) is 4.79 Å². The average Bonchev–Trinajstić information content (AvgIpc) is 2.36. The molecule has 0 N–H and O–H groups in total. The molecule has 0 amide bonds. The third-order valence-electron chi connectivity index (χ3n) is 1.95. The van der Waals surface area contributed by atoms with Gasteiger partial charge in [0.1, 0.15) is 0 Å². The zero-order chi connectivity index (χ0) is 17.4. The molecule has 0 fully saturated rings. The van der Waals surface area contributed by atoms with Gasteiger partial charge in [-0.15, -0.1) is 9.78 Å². The SMILES string of the molecule is CC(C)(C)C(=O)OCOOC(=O)OOCOC(=O)C(C)(C)C. The quantitative estimate of drug-likeness (QED) is 0.239. The van der Waals surface area contributed by atoms with Gasteiger partial charge in [-0.25, -0.2) is 0 Å². The second-order valence-electron chi connectivity index (χ2n) is 6.25. The van der Waals surface area contributed by atoms with Crippen molar-refractivity contribution in [3.05, 3.63) is 0 Å². The summed E-state index contributed by atoms with van der Waals surface area (Å²) in [4.78, 5) is 50.3. The van der Waals surface area contributed by atoms with Crippen LogP contribution in [-0.2, 0) is 38.6 Å². The summed E-state index contributed by atoms with van der Waals surface area (Å²) in [5.74, 6) is -1.07. The first-order valence-corrected chi connectivity index (χ1v) is 6.42. The van der Waals surface area contributed by atoms with Crippen LogP contribution in [0.15, 0.2) is 0 Å². The second-order valence-corrected chi connectivity index (χ2v) is 6.25. The van der Waals surface area contributed by atoms with E-state index < -0.39 is 42.5 Å². The van der Waals surface area contributed by atoms with Crippen molar-refractivity contribution in [1.29, 1.82) is 0 Å². The van der Waals surface area contributed by atoms with E-state index in [4.69, 9.17) is 0 Å². The molecule has 0 aromatic rings. The molecule has 0 saturated carbocycles. The first-order chi connectivity index (χ1) is 9.94. The van der Waals surface area contributed by atoms with E-state index >= 15 is 0 Å². The maximum atomic E-state index is 11.3. The first-order valence-electron chi connectivity index (χ1n) is 6.42. The molecule has 0 aliphatic heterocycles. The van der Waals surface area contributed by atoms with Crippen LogP contribution in [0.2, 0.25) is 0 Å². The van der Waals surface area contributed by atoms with Gasteiger partial charge in [0.2, 0.25) is 13.6 Å². The molecule has 0 unspecified atom stereocenters. The molecule has 0 spiro atoms. The van der Waals surface area contributed by atoms with E-state index in [2.05, 4.69) is 29.0 Å². The van der Waals surface area contributed by atoms with Crippen LogP contribution in [-0.4, -0.2) is 31.7 Å². The van der Waals surface area contributed by atoms with Crippen LogP contribution in [0.4, 0.5) is 4.79 Å². The lowest BCUT2D eigenvalue weighted by molar-refractivity contribution is -0.352. The second kappa shape index (κ2) is 8.54. The van der Waals surface area contributed by atoms with Crippen molar-refractivity contribution < 1.29 is 43.4 Å². The Morgan fingerprint density at radius 3 is 1.27 bits per heavy atom. The number of hydrogen-bond acceptors (Lipinski definition) is 9. The van der Waals surface area contributed by atoms with Crippen molar-refractivity contribution in [2.75, 3.05) is 13.6 Å². The summed E-state index contributed by atoms with van der Waals surface area (Å²) in [6, 6.07) is 0. The van der Waals surface area contributed by atoms with Crippen molar-refractivity contribution in [3.63, 3.8) is 0 Å². The molecule has 0 atom stereocenters. The predicted molar refractivity (Wildman–Crippen MR) is 70.6 cm³/mol. The molecule has 0 aliphatic rings. The fraction of sp³-hybridized carbons (Fsp3) is 0.769. The Balaban J connectivity index is 3.68. The highest BCUT2D eigenvalue weighted by molar-refractivity contribution is 5.75. The Kier molecular flexibility index (Phi) is 7.82. The first kappa shape index (κ1) is 20.1. The Morgan fingerprint density at radius 2 is 1.00 bits per heavy atom. The summed E-state index contributed by atoms with van der Waals surface area (Å²) in [6.45, 7) is 8.71. The van der Waals surface area contributed by atoms with Crippen LogP contribution in [0, 0.1) is 10.8 Å². The van der Waals surface area contributed by atoms with Crippen LogP contribution < -0.4 is 0 Å². The minimum Gasteiger partial charge on any atom is -0.434 e. The van der Waals surface area contributed by atoms with Crippen molar-refractivity contribution >= 4 is 18.1 Å². The number of carbonyl (C=O) groups is 3. The summed E-state index contributed by atoms with van der Waals surface area (Å²) in [7, 11) is 0. The molecule has 128 valence electrons. The van der Waals surface area contributed by atoms with Crippen LogP contribution in [0.3, 0.4) is 0 Å². The van der Waals surface area contributed by atoms with Gasteiger partial charge in [-0.05, 0) is 41.5 Å². The predicted octanol–water partition coefficient (Wildman–Crippen LogP) is 2.10. The molecule has 0 radical (unpaired) electrons. The van der Waals surface area contributed by atoms with E-state index in [9.17, 15) is 14.4 Å². The normalized spacial score (nSPS) is 11.5. The summed E-state index contributed by atoms with van der Waals surface area (Å²) in [5.41, 5.74) is -1.41. The fourth-order valence-electron chi connectivity index (χ4n) is 0.746. The molecular weight excluding hydrogens is 300 g/mol. The highest BCUT2D eigenvalue weighted by atomic mass is 17.3. The number of carbonyl (C=O) groups excluding carboxylic acids is 3. The molecule has 0 saturated heterocycles. The number of esters is 2. The molecule has 0 heterocycles. The van der Waals surface area contributed by atoms with E-state index in [-0.39, 0.29) is 0 Å². The lowest BCUT2D eigenvalue weighted by Crippen LogP contribution is -2.25. The van der Waals surface area contributed by atoms with Crippen molar-refractivity contribution in [2.45, 2.75) is 41.5 Å². The molecule has 0 aliphatic carbocycles. The third kappa shape index (κ3) is 9.14. The van der Waals surface area contributed by atoms with Gasteiger partial charge in [-0.3, -0.25) is 19.4 Å². The minimum absolute atomic E-state index is 0.533. The highest BCUT2D eigenvalue weighted by Gasteiger charge is 2.24. The zero-order valence-corrected chi connectivity index (χ0v) is 13.6. The Labute approximate surface area is 128 Å². The van der Waals surface area contributed by atoms with E-state index in [1.165, 1.54) is 0 Å². The summed E-state index contributed by atoms with van der Waals surface area (Å²) >= 11 is 0. The number of rotatable bonds is 6. The maximum Gasteiger partial charge on any atom is 0.573 e. The molecule has 0 aromatic heterocycles. The fourth-order valence-corrected chi connectivity index (χ4v) is 0.746. The smallest absolute Gasteiger partial charge is 0.434 e. The van der Waals surface area contributed by atoms with Gasteiger partial charge >= 0.3 is 18.1 Å². The standard InChI is InChI=1S/C13H22O9/c1-12(2,3)9(14)17-7-19-21-11(16)22-20-8-18-10(15)13(4,5)6/h7-8H2,1-6H3. The van der Waals surface area contributed by atoms with Crippen LogP contribution >= 0.6 is 0 Å².